The van der Waals surface area contributed by atoms with E-state index in [-0.39, 0.29) is 48.0 Å². The topological polar surface area (TPSA) is 96.3 Å². The number of hydrogen-bond donors (Lipinski definition) is 2. The SMILES string of the molecule is CCCCNC(=O)c1cc2n(n1)C[C@@](C)(C(=O)NCc1ccc(F)cc1)N(C)C2=O. The van der Waals surface area contributed by atoms with Crippen LogP contribution in [-0.4, -0.2) is 51.5 Å². The first-order valence-corrected chi connectivity index (χ1v) is 9.93. The number of benzene rings is 1. The van der Waals surface area contributed by atoms with Crippen LogP contribution in [0.25, 0.3) is 0 Å². The molecule has 0 saturated carbocycles. The van der Waals surface area contributed by atoms with Crippen molar-refractivity contribution in [3.63, 3.8) is 0 Å². The number of hydrogen-bond acceptors (Lipinski definition) is 4. The monoisotopic (exact) mass is 415 g/mol. The van der Waals surface area contributed by atoms with Crippen LogP contribution in [0.2, 0.25) is 0 Å². The van der Waals surface area contributed by atoms with Crippen molar-refractivity contribution in [2.45, 2.75) is 45.3 Å². The minimum Gasteiger partial charge on any atom is -0.351 e. The minimum atomic E-state index is -1.19. The molecule has 2 N–H and O–H groups in total. The fourth-order valence-corrected chi connectivity index (χ4v) is 3.28. The number of unbranched alkanes of at least 4 members (excludes halogenated alkanes) is 1. The van der Waals surface area contributed by atoms with E-state index in [1.165, 1.54) is 27.8 Å². The van der Waals surface area contributed by atoms with Crippen LogP contribution in [0.3, 0.4) is 0 Å². The lowest BCUT2D eigenvalue weighted by molar-refractivity contribution is -0.132. The third-order valence-corrected chi connectivity index (χ3v) is 5.41. The Bertz CT molecular complexity index is 956. The number of likely N-dealkylation sites (N-methyl/N-ethyl adjacent to an activating group) is 1. The second kappa shape index (κ2) is 8.64. The van der Waals surface area contributed by atoms with Crippen LogP contribution in [0.15, 0.2) is 30.3 Å². The summed E-state index contributed by atoms with van der Waals surface area (Å²) >= 11 is 0. The van der Waals surface area contributed by atoms with E-state index < -0.39 is 5.54 Å². The van der Waals surface area contributed by atoms with Gasteiger partial charge in [-0.3, -0.25) is 19.1 Å². The first kappa shape index (κ1) is 21.5. The number of carbonyl (C=O) groups is 3. The van der Waals surface area contributed by atoms with Crippen molar-refractivity contribution in [3.8, 4) is 0 Å². The van der Waals surface area contributed by atoms with Gasteiger partial charge in [-0.15, -0.1) is 0 Å². The number of halogens is 1. The molecule has 1 aliphatic rings. The second-order valence-electron chi connectivity index (χ2n) is 7.63. The van der Waals surface area contributed by atoms with Crippen molar-refractivity contribution < 1.29 is 18.8 Å². The maximum absolute atomic E-state index is 13.0. The highest BCUT2D eigenvalue weighted by Crippen LogP contribution is 2.26. The van der Waals surface area contributed by atoms with Crippen LogP contribution >= 0.6 is 0 Å². The van der Waals surface area contributed by atoms with Gasteiger partial charge in [0.1, 0.15) is 17.1 Å². The Balaban J connectivity index is 1.74. The summed E-state index contributed by atoms with van der Waals surface area (Å²) in [6.07, 6.45) is 1.81. The predicted molar refractivity (Wildman–Crippen MR) is 108 cm³/mol. The van der Waals surface area contributed by atoms with Crippen LogP contribution < -0.4 is 10.6 Å². The second-order valence-corrected chi connectivity index (χ2v) is 7.63. The van der Waals surface area contributed by atoms with Gasteiger partial charge in [-0.1, -0.05) is 25.5 Å². The highest BCUT2D eigenvalue weighted by Gasteiger charge is 2.46. The Hall–Kier alpha value is -3.23. The fraction of sp³-hybridized carbons (Fsp3) is 0.429. The quantitative estimate of drug-likeness (QED) is 0.673. The molecule has 30 heavy (non-hydrogen) atoms. The lowest BCUT2D eigenvalue weighted by atomic mass is 9.96. The van der Waals surface area contributed by atoms with Gasteiger partial charge in [-0.05, 0) is 31.0 Å². The molecular weight excluding hydrogens is 389 g/mol. The first-order chi connectivity index (χ1) is 14.3. The van der Waals surface area contributed by atoms with E-state index in [2.05, 4.69) is 15.7 Å². The molecule has 0 aliphatic carbocycles. The van der Waals surface area contributed by atoms with Crippen LogP contribution in [-0.2, 0) is 17.9 Å². The molecule has 3 amide bonds. The number of aromatic nitrogens is 2. The highest BCUT2D eigenvalue weighted by atomic mass is 19.1. The Morgan fingerprint density at radius 2 is 1.93 bits per heavy atom. The largest absolute Gasteiger partial charge is 0.351 e. The lowest BCUT2D eigenvalue weighted by Gasteiger charge is -2.40. The van der Waals surface area contributed by atoms with Gasteiger partial charge >= 0.3 is 0 Å². The molecule has 8 nitrogen and oxygen atoms in total. The van der Waals surface area contributed by atoms with Crippen LogP contribution in [0.4, 0.5) is 4.39 Å². The molecule has 0 saturated heterocycles. The van der Waals surface area contributed by atoms with Gasteiger partial charge in [-0.2, -0.15) is 5.10 Å². The zero-order valence-electron chi connectivity index (χ0n) is 17.4. The average Bonchev–Trinajstić information content (AvgIpc) is 3.15. The Kier molecular flexibility index (Phi) is 6.19. The standard InChI is InChI=1S/C21H26FN5O3/c1-4-5-10-23-18(28)16-11-17-19(29)26(3)21(2,13-27(17)25-16)20(30)24-12-14-6-8-15(22)9-7-14/h6-9,11H,4-5,10,12-13H2,1-3H3,(H,23,28)(H,24,30)/t21-/m0/s1. The third kappa shape index (κ3) is 4.19. The smallest absolute Gasteiger partial charge is 0.272 e. The zero-order chi connectivity index (χ0) is 21.9. The van der Waals surface area contributed by atoms with Gasteiger partial charge in [0.05, 0.1) is 6.54 Å². The van der Waals surface area contributed by atoms with Crippen LogP contribution in [0.1, 0.15) is 53.2 Å². The van der Waals surface area contributed by atoms with Crippen LogP contribution in [0, 0.1) is 5.82 Å². The summed E-state index contributed by atoms with van der Waals surface area (Å²) in [4.78, 5) is 39.4. The number of carbonyl (C=O) groups excluding carboxylic acids is 3. The van der Waals surface area contributed by atoms with E-state index in [0.717, 1.165) is 18.4 Å². The summed E-state index contributed by atoms with van der Waals surface area (Å²) in [6.45, 7) is 4.53. The van der Waals surface area contributed by atoms with E-state index >= 15 is 0 Å². The van der Waals surface area contributed by atoms with Crippen molar-refractivity contribution in [3.05, 3.63) is 53.1 Å². The first-order valence-electron chi connectivity index (χ1n) is 9.93. The van der Waals surface area contributed by atoms with Gasteiger partial charge in [0.15, 0.2) is 5.69 Å². The summed E-state index contributed by atoms with van der Waals surface area (Å²) < 4.78 is 14.5. The van der Waals surface area contributed by atoms with Gasteiger partial charge in [0.25, 0.3) is 11.8 Å². The maximum Gasteiger partial charge on any atom is 0.272 e. The summed E-state index contributed by atoms with van der Waals surface area (Å²) in [7, 11) is 1.55. The predicted octanol–water partition coefficient (Wildman–Crippen LogP) is 1.71. The Morgan fingerprint density at radius 1 is 1.23 bits per heavy atom. The highest BCUT2D eigenvalue weighted by molar-refractivity contribution is 6.01. The number of amides is 3. The number of nitrogens with one attached hydrogen (secondary N) is 2. The van der Waals surface area contributed by atoms with Gasteiger partial charge in [0, 0.05) is 26.2 Å². The molecule has 0 spiro atoms. The fourth-order valence-electron chi connectivity index (χ4n) is 3.28. The molecule has 0 unspecified atom stereocenters. The van der Waals surface area contributed by atoms with Crippen molar-refractivity contribution in [2.75, 3.05) is 13.6 Å². The van der Waals surface area contributed by atoms with Gasteiger partial charge in [-0.25, -0.2) is 4.39 Å². The molecule has 3 rings (SSSR count). The lowest BCUT2D eigenvalue weighted by Crippen LogP contribution is -2.62. The molecule has 1 aromatic heterocycles. The summed E-state index contributed by atoms with van der Waals surface area (Å²) in [5.41, 5.74) is -0.0312. The Labute approximate surface area is 174 Å². The van der Waals surface area contributed by atoms with Gasteiger partial charge < -0.3 is 15.5 Å². The van der Waals surface area contributed by atoms with E-state index in [4.69, 9.17) is 0 Å². The molecule has 0 radical (unpaired) electrons. The molecule has 1 atom stereocenters. The van der Waals surface area contributed by atoms with Gasteiger partial charge in [0.2, 0.25) is 5.91 Å². The molecular formula is C21H26FN5O3. The van der Waals surface area contributed by atoms with Crippen molar-refractivity contribution in [2.24, 2.45) is 0 Å². The number of rotatable bonds is 7. The average molecular weight is 415 g/mol. The minimum absolute atomic E-state index is 0.113. The Morgan fingerprint density at radius 3 is 2.60 bits per heavy atom. The molecule has 0 fully saturated rings. The maximum atomic E-state index is 13.0. The third-order valence-electron chi connectivity index (χ3n) is 5.41. The molecule has 160 valence electrons. The molecule has 1 aromatic carbocycles. The molecule has 2 heterocycles. The molecule has 2 aromatic rings. The van der Waals surface area contributed by atoms with Crippen molar-refractivity contribution in [1.82, 2.24) is 25.3 Å². The molecule has 9 heteroatoms. The van der Waals surface area contributed by atoms with E-state index in [1.54, 1.807) is 26.1 Å². The molecule has 1 aliphatic heterocycles. The number of nitrogens with zero attached hydrogens (tertiary/aromatic N) is 3. The molecule has 0 bridgehead atoms. The zero-order valence-corrected chi connectivity index (χ0v) is 17.4. The summed E-state index contributed by atoms with van der Waals surface area (Å²) in [5.74, 6) is -1.45. The van der Waals surface area contributed by atoms with E-state index in [9.17, 15) is 18.8 Å². The normalized spacial score (nSPS) is 18.1. The van der Waals surface area contributed by atoms with E-state index in [0.29, 0.717) is 6.54 Å². The van der Waals surface area contributed by atoms with E-state index in [1.807, 2.05) is 6.92 Å². The van der Waals surface area contributed by atoms with Crippen LogP contribution in [0.5, 0.6) is 0 Å². The number of fused-ring (bicyclic) bond motifs is 1. The van der Waals surface area contributed by atoms with Crippen molar-refractivity contribution in [1.29, 1.82) is 0 Å². The van der Waals surface area contributed by atoms with Crippen molar-refractivity contribution >= 4 is 17.7 Å². The summed E-state index contributed by atoms with van der Waals surface area (Å²) in [5, 5.41) is 9.83. The summed E-state index contributed by atoms with van der Waals surface area (Å²) in [6, 6.07) is 7.27.